The molecule has 11 heteroatoms. The first kappa shape index (κ1) is 20.4. The van der Waals surface area contributed by atoms with Crippen molar-refractivity contribution in [1.29, 1.82) is 0 Å². The molecule has 158 valence electrons. The number of halogens is 4. The molecule has 1 fully saturated rings. The number of aryl methyl sites for hydroxylation is 2. The van der Waals surface area contributed by atoms with Crippen molar-refractivity contribution in [1.82, 2.24) is 19.9 Å². The van der Waals surface area contributed by atoms with Crippen molar-refractivity contribution in [3.63, 3.8) is 0 Å². The van der Waals surface area contributed by atoms with Crippen LogP contribution in [0.5, 0.6) is 0 Å². The lowest BCUT2D eigenvalue weighted by Crippen LogP contribution is -2.12. The minimum absolute atomic E-state index is 0.0170. The molecule has 2 heterocycles. The lowest BCUT2D eigenvalue weighted by atomic mass is 9.91. The largest absolute Gasteiger partial charge is 0.350 e. The van der Waals surface area contributed by atoms with Gasteiger partial charge in [-0.1, -0.05) is 22.8 Å². The zero-order chi connectivity index (χ0) is 21.5. The van der Waals surface area contributed by atoms with Gasteiger partial charge in [0, 0.05) is 9.55 Å². The summed E-state index contributed by atoms with van der Waals surface area (Å²) in [6.45, 7) is 1.67. The summed E-state index contributed by atoms with van der Waals surface area (Å²) in [4.78, 5) is 18.4. The lowest BCUT2D eigenvalue weighted by molar-refractivity contribution is -0.183. The van der Waals surface area contributed by atoms with E-state index in [1.165, 1.54) is 0 Å². The second kappa shape index (κ2) is 7.75. The van der Waals surface area contributed by atoms with E-state index in [1.807, 2.05) is 19.1 Å². The Bertz CT molecular complexity index is 1090. The van der Waals surface area contributed by atoms with Gasteiger partial charge in [-0.2, -0.15) is 10.1 Å². The first-order valence-electron chi connectivity index (χ1n) is 9.12. The van der Waals surface area contributed by atoms with E-state index in [9.17, 15) is 18.1 Å². The fourth-order valence-corrected chi connectivity index (χ4v) is 3.78. The van der Waals surface area contributed by atoms with E-state index in [4.69, 9.17) is 16.1 Å². The van der Waals surface area contributed by atoms with Crippen LogP contribution in [0.1, 0.15) is 48.3 Å². The summed E-state index contributed by atoms with van der Waals surface area (Å²) in [6, 6.07) is 6.69. The third kappa shape index (κ3) is 3.67. The normalized spacial score (nSPS) is 14.9. The predicted molar refractivity (Wildman–Crippen MR) is 98.5 cm³/mol. The molecule has 3 aromatic rings. The van der Waals surface area contributed by atoms with Gasteiger partial charge in [-0.15, -0.1) is 0 Å². The fourth-order valence-electron chi connectivity index (χ4n) is 3.55. The van der Waals surface area contributed by atoms with Crippen LogP contribution in [0.4, 0.5) is 13.3 Å². The predicted octanol–water partition coefficient (Wildman–Crippen LogP) is 4.73. The first-order chi connectivity index (χ1) is 14.3. The highest BCUT2D eigenvalue weighted by Gasteiger charge is 2.50. The van der Waals surface area contributed by atoms with Gasteiger partial charge in [0.2, 0.25) is 0 Å². The Morgan fingerprint density at radius 1 is 1.37 bits per heavy atom. The Kier molecular flexibility index (Phi) is 5.27. The molecule has 2 aromatic heterocycles. The average Bonchev–Trinajstić information content (AvgIpc) is 3.15. The average molecular weight is 441 g/mol. The van der Waals surface area contributed by atoms with Gasteiger partial charge in [-0.05, 0) is 49.1 Å². The Balaban J connectivity index is 1.63. The van der Waals surface area contributed by atoms with Gasteiger partial charge in [0.1, 0.15) is 5.69 Å². The molecule has 1 aliphatic carbocycles. The molecule has 0 bridgehead atoms. The molecular weight excluding hydrogens is 425 g/mol. The molecular formula is C19H16ClF3N4O3. The lowest BCUT2D eigenvalue weighted by Gasteiger charge is -2.14. The van der Waals surface area contributed by atoms with Gasteiger partial charge in [-0.3, -0.25) is 9.62 Å². The van der Waals surface area contributed by atoms with Gasteiger partial charge >= 0.3 is 5.97 Å². The molecule has 0 radical (unpaired) electrons. The monoisotopic (exact) mass is 440 g/mol. The van der Waals surface area contributed by atoms with Crippen LogP contribution >= 0.6 is 11.6 Å². The number of carbonyl (C=O) groups is 1. The van der Waals surface area contributed by atoms with Crippen molar-refractivity contribution >= 4 is 17.6 Å². The van der Waals surface area contributed by atoms with Crippen molar-refractivity contribution in [3.05, 3.63) is 51.9 Å². The van der Waals surface area contributed by atoms with Gasteiger partial charge in [0.15, 0.2) is 11.5 Å². The van der Waals surface area contributed by atoms with E-state index in [2.05, 4.69) is 20.2 Å². The highest BCUT2D eigenvalue weighted by Crippen LogP contribution is 2.53. The maximum Gasteiger partial charge on any atom is 0.350 e. The molecule has 1 saturated carbocycles. The number of hydrogen-bond acceptors (Lipinski definition) is 6. The summed E-state index contributed by atoms with van der Waals surface area (Å²) in [5.74, 6) is -0.755. The van der Waals surface area contributed by atoms with E-state index in [0.717, 1.165) is 34.7 Å². The fraction of sp³-hybridized carbons (Fsp3) is 0.368. The second-order valence-corrected chi connectivity index (χ2v) is 7.58. The highest BCUT2D eigenvalue weighted by atomic mass is 35.5. The van der Waals surface area contributed by atoms with Crippen LogP contribution in [-0.2, 0) is 21.7 Å². The standard InChI is InChI=1S/C19H16ClF3N4O3/c1-10-8-11(20)2-3-12(10)19(5-6-19)18-24-17(30-26-18)13-9-14(16(21)22)27(25-13)7-4-15(28)29-23/h2-3,8-9,16H,4-7H2,1H3. The Morgan fingerprint density at radius 3 is 2.77 bits per heavy atom. The Labute approximate surface area is 173 Å². The summed E-state index contributed by atoms with van der Waals surface area (Å²) in [6.07, 6.45) is -1.68. The van der Waals surface area contributed by atoms with E-state index in [1.54, 1.807) is 6.07 Å². The Morgan fingerprint density at radius 2 is 2.13 bits per heavy atom. The third-order valence-corrected chi connectivity index (χ3v) is 5.41. The van der Waals surface area contributed by atoms with Crippen LogP contribution < -0.4 is 0 Å². The summed E-state index contributed by atoms with van der Waals surface area (Å²) < 4.78 is 44.7. The summed E-state index contributed by atoms with van der Waals surface area (Å²) in [5, 5.41) is 8.70. The van der Waals surface area contributed by atoms with Gasteiger partial charge < -0.3 is 4.52 Å². The first-order valence-corrected chi connectivity index (χ1v) is 9.50. The van der Waals surface area contributed by atoms with E-state index in [0.29, 0.717) is 10.8 Å². The number of hydrogen-bond donors (Lipinski definition) is 0. The zero-order valence-electron chi connectivity index (χ0n) is 15.7. The molecule has 0 N–H and O–H groups in total. The Hall–Kier alpha value is -2.88. The molecule has 0 aliphatic heterocycles. The number of carbonyl (C=O) groups excluding carboxylic acids is 1. The second-order valence-electron chi connectivity index (χ2n) is 7.14. The molecule has 1 aliphatic rings. The van der Waals surface area contributed by atoms with Crippen LogP contribution in [0.2, 0.25) is 5.02 Å². The minimum Gasteiger partial charge on any atom is -0.332 e. The number of benzene rings is 1. The van der Waals surface area contributed by atoms with Gasteiger partial charge in [0.05, 0.1) is 18.4 Å². The summed E-state index contributed by atoms with van der Waals surface area (Å²) >= 11 is 6.04. The molecule has 0 amide bonds. The van der Waals surface area contributed by atoms with Crippen molar-refractivity contribution in [2.24, 2.45) is 0 Å². The molecule has 7 nitrogen and oxygen atoms in total. The van der Waals surface area contributed by atoms with Crippen LogP contribution in [0, 0.1) is 6.92 Å². The number of aromatic nitrogens is 4. The van der Waals surface area contributed by atoms with Crippen molar-refractivity contribution in [2.75, 3.05) is 0 Å². The van der Waals surface area contributed by atoms with E-state index < -0.39 is 29.9 Å². The zero-order valence-corrected chi connectivity index (χ0v) is 16.5. The van der Waals surface area contributed by atoms with Crippen LogP contribution in [0.25, 0.3) is 11.6 Å². The molecule has 30 heavy (non-hydrogen) atoms. The molecule has 0 atom stereocenters. The summed E-state index contributed by atoms with van der Waals surface area (Å²) in [7, 11) is 0. The number of alkyl halides is 2. The maximum absolute atomic E-state index is 13.3. The number of rotatable bonds is 7. The quantitative estimate of drug-likeness (QED) is 0.528. The summed E-state index contributed by atoms with van der Waals surface area (Å²) in [5.41, 5.74) is 1.21. The molecule has 0 saturated heterocycles. The number of nitrogens with zero attached hydrogens (tertiary/aromatic N) is 4. The molecule has 1 aromatic carbocycles. The van der Waals surface area contributed by atoms with E-state index in [-0.39, 0.29) is 18.1 Å². The van der Waals surface area contributed by atoms with Crippen molar-refractivity contribution in [2.45, 2.75) is 44.6 Å². The molecule has 0 unspecified atom stereocenters. The van der Waals surface area contributed by atoms with E-state index >= 15 is 0 Å². The van der Waals surface area contributed by atoms with Gasteiger partial charge in [-0.25, -0.2) is 13.6 Å². The van der Waals surface area contributed by atoms with Crippen molar-refractivity contribution < 1.29 is 27.6 Å². The molecule has 0 spiro atoms. The van der Waals surface area contributed by atoms with Gasteiger partial charge in [0.25, 0.3) is 12.3 Å². The SMILES string of the molecule is Cc1cc(Cl)ccc1C1(c2noc(-c3cc(C(F)F)n(CCC(=O)OF)n3)n2)CC1. The minimum atomic E-state index is -2.86. The topological polar surface area (TPSA) is 83.0 Å². The molecule has 4 rings (SSSR count). The maximum atomic E-state index is 13.3. The highest BCUT2D eigenvalue weighted by molar-refractivity contribution is 6.30. The van der Waals surface area contributed by atoms with Crippen molar-refractivity contribution in [3.8, 4) is 11.6 Å². The van der Waals surface area contributed by atoms with Crippen LogP contribution in [0.15, 0.2) is 28.8 Å². The smallest absolute Gasteiger partial charge is 0.332 e. The van der Waals surface area contributed by atoms with Crippen LogP contribution in [0.3, 0.4) is 0 Å². The van der Waals surface area contributed by atoms with Crippen LogP contribution in [-0.4, -0.2) is 25.9 Å². The third-order valence-electron chi connectivity index (χ3n) is 5.18.